The molecule has 1 aromatic rings. The largest absolute Gasteiger partial charge is 0.428 e. The third kappa shape index (κ3) is 1.47. The molecule has 2 heteroatoms. The average Bonchev–Trinajstić information content (AvgIpc) is 2.19. The normalized spacial score (nSPS) is 14.3. The van der Waals surface area contributed by atoms with Gasteiger partial charge in [0.25, 0.3) is 6.47 Å². The van der Waals surface area contributed by atoms with Crippen molar-refractivity contribution in [1.29, 1.82) is 0 Å². The Hall–Kier alpha value is -1.57. The van der Waals surface area contributed by atoms with E-state index in [1.807, 2.05) is 24.3 Å². The summed E-state index contributed by atoms with van der Waals surface area (Å²) in [5, 5.41) is 0. The Kier molecular flexibility index (Phi) is 2.13. The molecule has 0 amide bonds. The molecule has 1 aliphatic carbocycles. The maximum Gasteiger partial charge on any atom is 0.298 e. The second-order valence-corrected chi connectivity index (χ2v) is 2.98. The SMILES string of the molecule is O=COC1=CCCc2ccccc21. The van der Waals surface area contributed by atoms with E-state index in [1.165, 1.54) is 5.56 Å². The van der Waals surface area contributed by atoms with E-state index in [2.05, 4.69) is 6.07 Å². The Morgan fingerprint density at radius 3 is 3.00 bits per heavy atom. The molecule has 0 aromatic heterocycles. The van der Waals surface area contributed by atoms with Crippen LogP contribution in [0.3, 0.4) is 0 Å². The molecule has 0 heterocycles. The Bertz CT molecular complexity index is 353. The fraction of sp³-hybridized carbons (Fsp3) is 0.182. The molecule has 0 fully saturated rings. The molecule has 0 N–H and O–H groups in total. The van der Waals surface area contributed by atoms with Crippen LogP contribution in [0.1, 0.15) is 17.5 Å². The summed E-state index contributed by atoms with van der Waals surface area (Å²) in [7, 11) is 0. The van der Waals surface area contributed by atoms with E-state index in [0.29, 0.717) is 12.2 Å². The third-order valence-electron chi connectivity index (χ3n) is 2.20. The van der Waals surface area contributed by atoms with E-state index in [9.17, 15) is 4.79 Å². The van der Waals surface area contributed by atoms with Crippen molar-refractivity contribution in [2.45, 2.75) is 12.8 Å². The van der Waals surface area contributed by atoms with Gasteiger partial charge in [-0.2, -0.15) is 0 Å². The minimum absolute atomic E-state index is 0.480. The maximum atomic E-state index is 10.2. The molecule has 66 valence electrons. The number of hydrogen-bond acceptors (Lipinski definition) is 2. The minimum Gasteiger partial charge on any atom is -0.428 e. The standard InChI is InChI=1S/C11H10O2/c12-8-13-11-7-3-5-9-4-1-2-6-10(9)11/h1-2,4,6-8H,3,5H2. The monoisotopic (exact) mass is 174 g/mol. The van der Waals surface area contributed by atoms with E-state index in [4.69, 9.17) is 4.74 Å². The Morgan fingerprint density at radius 1 is 1.31 bits per heavy atom. The zero-order chi connectivity index (χ0) is 9.10. The van der Waals surface area contributed by atoms with Crippen LogP contribution >= 0.6 is 0 Å². The molecule has 1 aromatic carbocycles. The van der Waals surface area contributed by atoms with Crippen LogP contribution in [0.15, 0.2) is 30.3 Å². The number of rotatable bonds is 2. The van der Waals surface area contributed by atoms with Gasteiger partial charge >= 0.3 is 0 Å². The molecular weight excluding hydrogens is 164 g/mol. The van der Waals surface area contributed by atoms with Gasteiger partial charge in [-0.1, -0.05) is 24.3 Å². The van der Waals surface area contributed by atoms with E-state index in [1.54, 1.807) is 0 Å². The third-order valence-corrected chi connectivity index (χ3v) is 2.20. The van der Waals surface area contributed by atoms with Gasteiger partial charge in [-0.05, 0) is 24.5 Å². The lowest BCUT2D eigenvalue weighted by molar-refractivity contribution is -0.122. The number of hydrogen-bond donors (Lipinski definition) is 0. The predicted octanol–water partition coefficient (Wildman–Crippen LogP) is 2.15. The highest BCUT2D eigenvalue weighted by atomic mass is 16.5. The van der Waals surface area contributed by atoms with Crippen molar-refractivity contribution in [1.82, 2.24) is 0 Å². The van der Waals surface area contributed by atoms with Gasteiger partial charge in [-0.3, -0.25) is 4.79 Å². The fourth-order valence-corrected chi connectivity index (χ4v) is 1.61. The summed E-state index contributed by atoms with van der Waals surface area (Å²) in [6, 6.07) is 8.00. The van der Waals surface area contributed by atoms with E-state index in [-0.39, 0.29) is 0 Å². The van der Waals surface area contributed by atoms with Crippen LogP contribution in [0, 0.1) is 0 Å². The van der Waals surface area contributed by atoms with Crippen molar-refractivity contribution < 1.29 is 9.53 Å². The van der Waals surface area contributed by atoms with Gasteiger partial charge in [0, 0.05) is 5.56 Å². The molecule has 0 atom stereocenters. The molecule has 13 heavy (non-hydrogen) atoms. The first-order valence-electron chi connectivity index (χ1n) is 4.30. The minimum atomic E-state index is 0.480. The van der Waals surface area contributed by atoms with Crippen LogP contribution in [0.25, 0.3) is 5.76 Å². The highest BCUT2D eigenvalue weighted by Gasteiger charge is 2.12. The van der Waals surface area contributed by atoms with E-state index < -0.39 is 0 Å². The summed E-state index contributed by atoms with van der Waals surface area (Å²) in [4.78, 5) is 10.2. The molecule has 0 unspecified atom stereocenters. The van der Waals surface area contributed by atoms with Crippen LogP contribution < -0.4 is 0 Å². The number of benzene rings is 1. The van der Waals surface area contributed by atoms with Gasteiger partial charge in [0.1, 0.15) is 5.76 Å². The molecule has 0 aliphatic heterocycles. The fourth-order valence-electron chi connectivity index (χ4n) is 1.61. The first-order chi connectivity index (χ1) is 6.42. The number of allylic oxidation sites excluding steroid dienone is 1. The van der Waals surface area contributed by atoms with Crippen molar-refractivity contribution in [3.8, 4) is 0 Å². The van der Waals surface area contributed by atoms with E-state index >= 15 is 0 Å². The smallest absolute Gasteiger partial charge is 0.298 e. The quantitative estimate of drug-likeness (QED) is 0.642. The van der Waals surface area contributed by atoms with Crippen molar-refractivity contribution in [3.63, 3.8) is 0 Å². The van der Waals surface area contributed by atoms with Gasteiger partial charge in [0.2, 0.25) is 0 Å². The second-order valence-electron chi connectivity index (χ2n) is 2.98. The molecule has 0 saturated carbocycles. The molecule has 0 saturated heterocycles. The molecular formula is C11H10O2. The highest BCUT2D eigenvalue weighted by molar-refractivity contribution is 5.69. The summed E-state index contributed by atoms with van der Waals surface area (Å²) >= 11 is 0. The van der Waals surface area contributed by atoms with Crippen molar-refractivity contribution in [3.05, 3.63) is 41.5 Å². The van der Waals surface area contributed by atoms with Crippen molar-refractivity contribution in [2.24, 2.45) is 0 Å². The average molecular weight is 174 g/mol. The number of carbonyl (C=O) groups excluding carboxylic acids is 1. The van der Waals surface area contributed by atoms with E-state index in [0.717, 1.165) is 18.4 Å². The zero-order valence-corrected chi connectivity index (χ0v) is 7.19. The zero-order valence-electron chi connectivity index (χ0n) is 7.19. The van der Waals surface area contributed by atoms with Crippen LogP contribution in [-0.2, 0) is 16.0 Å². The predicted molar refractivity (Wildman–Crippen MR) is 49.9 cm³/mol. The lowest BCUT2D eigenvalue weighted by atomic mass is 9.96. The first kappa shape index (κ1) is 8.05. The molecule has 2 rings (SSSR count). The van der Waals surface area contributed by atoms with Crippen molar-refractivity contribution >= 4 is 12.2 Å². The topological polar surface area (TPSA) is 26.3 Å². The van der Waals surface area contributed by atoms with Crippen LogP contribution in [0.5, 0.6) is 0 Å². The Labute approximate surface area is 76.8 Å². The van der Waals surface area contributed by atoms with Crippen LogP contribution in [0.4, 0.5) is 0 Å². The number of aryl methyl sites for hydroxylation is 1. The summed E-state index contributed by atoms with van der Waals surface area (Å²) in [6.45, 7) is 0.480. The van der Waals surface area contributed by atoms with Gasteiger partial charge < -0.3 is 4.74 Å². The summed E-state index contributed by atoms with van der Waals surface area (Å²) < 4.78 is 4.89. The van der Waals surface area contributed by atoms with Crippen LogP contribution in [0.2, 0.25) is 0 Å². The Balaban J connectivity index is 2.41. The molecule has 1 aliphatic rings. The Morgan fingerprint density at radius 2 is 2.15 bits per heavy atom. The number of carbonyl (C=O) groups is 1. The molecule has 2 nitrogen and oxygen atoms in total. The number of ether oxygens (including phenoxy) is 1. The maximum absolute atomic E-state index is 10.2. The lowest BCUT2D eigenvalue weighted by Crippen LogP contribution is -2.01. The summed E-state index contributed by atoms with van der Waals surface area (Å²) in [6.07, 6.45) is 3.93. The molecule has 0 spiro atoms. The number of fused-ring (bicyclic) bond motifs is 1. The molecule has 0 bridgehead atoms. The van der Waals surface area contributed by atoms with Gasteiger partial charge in [-0.25, -0.2) is 0 Å². The highest BCUT2D eigenvalue weighted by Crippen LogP contribution is 2.26. The van der Waals surface area contributed by atoms with Crippen molar-refractivity contribution in [2.75, 3.05) is 0 Å². The van der Waals surface area contributed by atoms with Gasteiger partial charge in [-0.15, -0.1) is 0 Å². The molecule has 0 radical (unpaired) electrons. The summed E-state index contributed by atoms with van der Waals surface area (Å²) in [5.74, 6) is 0.692. The van der Waals surface area contributed by atoms with Gasteiger partial charge in [0.05, 0.1) is 0 Å². The van der Waals surface area contributed by atoms with Gasteiger partial charge in [0.15, 0.2) is 0 Å². The van der Waals surface area contributed by atoms with Crippen LogP contribution in [-0.4, -0.2) is 6.47 Å². The second kappa shape index (κ2) is 3.44. The first-order valence-corrected chi connectivity index (χ1v) is 4.30. The summed E-state index contributed by atoms with van der Waals surface area (Å²) in [5.41, 5.74) is 2.29. The lowest BCUT2D eigenvalue weighted by Gasteiger charge is -2.14.